The highest BCUT2D eigenvalue weighted by Gasteiger charge is 2.24. The Labute approximate surface area is 92.9 Å². The average molecular weight is 206 g/mol. The Morgan fingerprint density at radius 2 is 1.80 bits per heavy atom. The van der Waals surface area contributed by atoms with E-state index >= 15 is 0 Å². The molecule has 1 aromatic heterocycles. The van der Waals surface area contributed by atoms with Crippen LogP contribution in [0.4, 0.5) is 0 Å². The Morgan fingerprint density at radius 1 is 1.20 bits per heavy atom. The Morgan fingerprint density at radius 3 is 2.33 bits per heavy atom. The van der Waals surface area contributed by atoms with E-state index in [1.54, 1.807) is 0 Å². The number of aryl methyl sites for hydroxylation is 2. The molecule has 1 saturated heterocycles. The van der Waals surface area contributed by atoms with Crippen molar-refractivity contribution in [2.45, 2.75) is 45.7 Å². The summed E-state index contributed by atoms with van der Waals surface area (Å²) >= 11 is 0. The van der Waals surface area contributed by atoms with E-state index in [1.165, 1.54) is 30.8 Å². The molecule has 1 aliphatic heterocycles. The molecule has 2 heteroatoms. The van der Waals surface area contributed by atoms with E-state index in [0.717, 1.165) is 0 Å². The van der Waals surface area contributed by atoms with Gasteiger partial charge in [-0.3, -0.25) is 0 Å². The van der Waals surface area contributed by atoms with Crippen LogP contribution in [-0.4, -0.2) is 29.1 Å². The van der Waals surface area contributed by atoms with Gasteiger partial charge in [0, 0.05) is 30.0 Å². The summed E-state index contributed by atoms with van der Waals surface area (Å²) in [6.07, 6.45) is 2.57. The lowest BCUT2D eigenvalue weighted by Crippen LogP contribution is -2.38. The van der Waals surface area contributed by atoms with Crippen LogP contribution in [-0.2, 0) is 0 Å². The number of nitrogens with zero attached hydrogens (tertiary/aromatic N) is 2. The SMILES string of the molecule is Cc1ccc(C)n1C1CCN(C)C(C)C1. The highest BCUT2D eigenvalue weighted by Crippen LogP contribution is 2.28. The predicted octanol–water partition coefficient (Wildman–Crippen LogP) is 2.76. The smallest absolute Gasteiger partial charge is 0.0362 e. The third-order valence-corrected chi connectivity index (χ3v) is 3.87. The Bertz CT molecular complexity index is 321. The topological polar surface area (TPSA) is 8.17 Å². The minimum atomic E-state index is 0.713. The van der Waals surface area contributed by atoms with Gasteiger partial charge in [-0.2, -0.15) is 0 Å². The lowest BCUT2D eigenvalue weighted by Gasteiger charge is -2.36. The Hall–Kier alpha value is -0.760. The van der Waals surface area contributed by atoms with Gasteiger partial charge < -0.3 is 9.47 Å². The van der Waals surface area contributed by atoms with Crippen molar-refractivity contribution in [1.29, 1.82) is 0 Å². The Kier molecular flexibility index (Phi) is 2.87. The summed E-state index contributed by atoms with van der Waals surface area (Å²) in [5.41, 5.74) is 2.82. The minimum Gasteiger partial charge on any atom is -0.346 e. The summed E-state index contributed by atoms with van der Waals surface area (Å²) < 4.78 is 2.52. The van der Waals surface area contributed by atoms with Crippen LogP contribution in [0, 0.1) is 13.8 Å². The van der Waals surface area contributed by atoms with E-state index in [9.17, 15) is 0 Å². The molecule has 2 unspecified atom stereocenters. The van der Waals surface area contributed by atoms with Gasteiger partial charge in [-0.1, -0.05) is 0 Å². The van der Waals surface area contributed by atoms with Crippen molar-refractivity contribution in [3.8, 4) is 0 Å². The fourth-order valence-corrected chi connectivity index (χ4v) is 2.76. The minimum absolute atomic E-state index is 0.713. The van der Waals surface area contributed by atoms with Crippen molar-refractivity contribution in [2.75, 3.05) is 13.6 Å². The summed E-state index contributed by atoms with van der Waals surface area (Å²) in [5, 5.41) is 0. The lowest BCUT2D eigenvalue weighted by molar-refractivity contribution is 0.155. The van der Waals surface area contributed by atoms with Crippen molar-refractivity contribution < 1.29 is 0 Å². The zero-order chi connectivity index (χ0) is 11.0. The zero-order valence-corrected chi connectivity index (χ0v) is 10.3. The second-order valence-electron chi connectivity index (χ2n) is 4.99. The number of likely N-dealkylation sites (tertiary alicyclic amines) is 1. The molecule has 0 saturated carbocycles. The third kappa shape index (κ3) is 1.96. The number of aromatic nitrogens is 1. The molecular weight excluding hydrogens is 184 g/mol. The first-order chi connectivity index (χ1) is 7.09. The van der Waals surface area contributed by atoms with Crippen LogP contribution in [0.1, 0.15) is 37.2 Å². The molecule has 1 aliphatic rings. The average Bonchev–Trinajstić information content (AvgIpc) is 2.52. The monoisotopic (exact) mass is 206 g/mol. The summed E-state index contributed by atoms with van der Waals surface area (Å²) in [7, 11) is 2.23. The van der Waals surface area contributed by atoms with E-state index in [1.807, 2.05) is 0 Å². The van der Waals surface area contributed by atoms with E-state index in [0.29, 0.717) is 12.1 Å². The predicted molar refractivity (Wildman–Crippen MR) is 64.3 cm³/mol. The number of piperidine rings is 1. The first-order valence-electron chi connectivity index (χ1n) is 5.94. The van der Waals surface area contributed by atoms with Crippen LogP contribution in [0.15, 0.2) is 12.1 Å². The Balaban J connectivity index is 2.19. The van der Waals surface area contributed by atoms with Crippen LogP contribution in [0.25, 0.3) is 0 Å². The highest BCUT2D eigenvalue weighted by atomic mass is 15.2. The second kappa shape index (κ2) is 4.01. The van der Waals surface area contributed by atoms with Crippen molar-refractivity contribution in [1.82, 2.24) is 9.47 Å². The molecule has 0 radical (unpaired) electrons. The molecule has 2 rings (SSSR count). The van der Waals surface area contributed by atoms with Crippen molar-refractivity contribution >= 4 is 0 Å². The maximum Gasteiger partial charge on any atom is 0.0362 e. The normalized spacial score (nSPS) is 28.3. The molecular formula is C13H22N2. The van der Waals surface area contributed by atoms with Gasteiger partial charge in [-0.05, 0) is 52.8 Å². The van der Waals surface area contributed by atoms with Gasteiger partial charge in [-0.15, -0.1) is 0 Å². The van der Waals surface area contributed by atoms with Gasteiger partial charge in [0.2, 0.25) is 0 Å². The first kappa shape index (κ1) is 10.7. The van der Waals surface area contributed by atoms with Gasteiger partial charge in [0.05, 0.1) is 0 Å². The zero-order valence-electron chi connectivity index (χ0n) is 10.3. The molecule has 0 spiro atoms. The summed E-state index contributed by atoms with van der Waals surface area (Å²) in [6.45, 7) is 8.00. The van der Waals surface area contributed by atoms with E-state index in [4.69, 9.17) is 0 Å². The van der Waals surface area contributed by atoms with Crippen LogP contribution < -0.4 is 0 Å². The molecule has 0 aromatic carbocycles. The van der Waals surface area contributed by atoms with Gasteiger partial charge in [-0.25, -0.2) is 0 Å². The molecule has 0 bridgehead atoms. The van der Waals surface area contributed by atoms with Crippen LogP contribution in [0.2, 0.25) is 0 Å². The fourth-order valence-electron chi connectivity index (χ4n) is 2.76. The molecule has 1 fully saturated rings. The molecule has 2 atom stereocenters. The maximum atomic E-state index is 2.52. The summed E-state index contributed by atoms with van der Waals surface area (Å²) in [6, 6.07) is 5.90. The maximum absolute atomic E-state index is 2.52. The summed E-state index contributed by atoms with van der Waals surface area (Å²) in [4.78, 5) is 2.46. The van der Waals surface area contributed by atoms with Gasteiger partial charge in [0.15, 0.2) is 0 Å². The quantitative estimate of drug-likeness (QED) is 0.686. The highest BCUT2D eigenvalue weighted by molar-refractivity contribution is 5.15. The molecule has 2 heterocycles. The fraction of sp³-hybridized carbons (Fsp3) is 0.692. The molecule has 2 nitrogen and oxygen atoms in total. The van der Waals surface area contributed by atoms with Crippen LogP contribution >= 0.6 is 0 Å². The molecule has 84 valence electrons. The molecule has 15 heavy (non-hydrogen) atoms. The van der Waals surface area contributed by atoms with E-state index < -0.39 is 0 Å². The number of rotatable bonds is 1. The number of hydrogen-bond acceptors (Lipinski definition) is 1. The third-order valence-electron chi connectivity index (χ3n) is 3.87. The van der Waals surface area contributed by atoms with Gasteiger partial charge in [0.1, 0.15) is 0 Å². The molecule has 1 aromatic rings. The van der Waals surface area contributed by atoms with E-state index in [-0.39, 0.29) is 0 Å². The van der Waals surface area contributed by atoms with Gasteiger partial charge >= 0.3 is 0 Å². The molecule has 0 amide bonds. The van der Waals surface area contributed by atoms with Crippen LogP contribution in [0.5, 0.6) is 0 Å². The number of hydrogen-bond donors (Lipinski definition) is 0. The van der Waals surface area contributed by atoms with E-state index in [2.05, 4.69) is 49.4 Å². The van der Waals surface area contributed by atoms with Gasteiger partial charge in [0.25, 0.3) is 0 Å². The second-order valence-corrected chi connectivity index (χ2v) is 4.99. The lowest BCUT2D eigenvalue weighted by atomic mass is 9.98. The van der Waals surface area contributed by atoms with Crippen molar-refractivity contribution in [3.63, 3.8) is 0 Å². The molecule has 0 aliphatic carbocycles. The van der Waals surface area contributed by atoms with Crippen molar-refractivity contribution in [2.24, 2.45) is 0 Å². The largest absolute Gasteiger partial charge is 0.346 e. The molecule has 0 N–H and O–H groups in total. The first-order valence-corrected chi connectivity index (χ1v) is 5.94. The van der Waals surface area contributed by atoms with Crippen molar-refractivity contribution in [3.05, 3.63) is 23.5 Å². The van der Waals surface area contributed by atoms with Crippen LogP contribution in [0.3, 0.4) is 0 Å². The summed E-state index contributed by atoms with van der Waals surface area (Å²) in [5.74, 6) is 0. The standard InChI is InChI=1S/C13H22N2/c1-10-5-6-11(2)15(10)13-7-8-14(4)12(3)9-13/h5-6,12-13H,7-9H2,1-4H3.